The molecule has 0 N–H and O–H groups in total. The van der Waals surface area contributed by atoms with E-state index >= 15 is 0 Å². The van der Waals surface area contributed by atoms with Gasteiger partial charge in [0.15, 0.2) is 0 Å². The Kier molecular flexibility index (Phi) is 4.27. The first kappa shape index (κ1) is 16.4. The Morgan fingerprint density at radius 3 is 2.58 bits per heavy atom. The topological polar surface area (TPSA) is 60.9 Å². The highest BCUT2D eigenvalue weighted by Gasteiger charge is 2.34. The molecule has 0 aliphatic heterocycles. The van der Waals surface area contributed by atoms with Crippen molar-refractivity contribution in [3.63, 3.8) is 0 Å². The van der Waals surface area contributed by atoms with E-state index in [0.717, 1.165) is 21.2 Å². The van der Waals surface area contributed by atoms with Crippen LogP contribution in [-0.4, -0.2) is 14.8 Å². The molecule has 0 saturated carbocycles. The van der Waals surface area contributed by atoms with Crippen LogP contribution in [-0.2, 0) is 12.7 Å². The summed E-state index contributed by atoms with van der Waals surface area (Å²) in [5.74, 6) is 0.236. The van der Waals surface area contributed by atoms with E-state index in [4.69, 9.17) is 4.42 Å². The van der Waals surface area contributed by atoms with Gasteiger partial charge in [-0.2, -0.15) is 13.2 Å². The molecular weight excluding hydrogens is 391 g/mol. The van der Waals surface area contributed by atoms with Crippen molar-refractivity contribution in [3.05, 3.63) is 68.9 Å². The van der Waals surface area contributed by atoms with E-state index in [-0.39, 0.29) is 18.3 Å². The zero-order valence-electron chi connectivity index (χ0n) is 11.9. The van der Waals surface area contributed by atoms with E-state index < -0.39 is 17.3 Å². The standard InChI is InChI=1S/C15H9BrF3N3O2/c16-11-6-2-1-4-9(11)13-21-20-12(24-13)8-22-7-3-5-10(14(22)23)15(17,18)19/h1-7H,8H2. The van der Waals surface area contributed by atoms with E-state index in [1.54, 1.807) is 18.2 Å². The van der Waals surface area contributed by atoms with Crippen molar-refractivity contribution in [3.8, 4) is 11.5 Å². The molecule has 0 bridgehead atoms. The number of rotatable bonds is 3. The van der Waals surface area contributed by atoms with Crippen LogP contribution in [0.2, 0.25) is 0 Å². The summed E-state index contributed by atoms with van der Waals surface area (Å²) in [5.41, 5.74) is -1.76. The van der Waals surface area contributed by atoms with Crippen LogP contribution in [0.25, 0.3) is 11.5 Å². The van der Waals surface area contributed by atoms with Crippen LogP contribution in [0.4, 0.5) is 13.2 Å². The molecule has 0 atom stereocenters. The molecular formula is C15H9BrF3N3O2. The molecule has 9 heteroatoms. The summed E-state index contributed by atoms with van der Waals surface area (Å²) in [7, 11) is 0. The highest BCUT2D eigenvalue weighted by molar-refractivity contribution is 9.10. The average molecular weight is 400 g/mol. The first-order valence-electron chi connectivity index (χ1n) is 6.70. The molecule has 3 aromatic rings. The normalized spacial score (nSPS) is 11.7. The van der Waals surface area contributed by atoms with Gasteiger partial charge in [0, 0.05) is 10.7 Å². The lowest BCUT2D eigenvalue weighted by molar-refractivity contribution is -0.138. The number of pyridine rings is 1. The summed E-state index contributed by atoms with van der Waals surface area (Å²) in [6.45, 7) is -0.250. The third-order valence-corrected chi connectivity index (χ3v) is 3.89. The molecule has 3 rings (SSSR count). The van der Waals surface area contributed by atoms with Crippen LogP contribution in [0.3, 0.4) is 0 Å². The van der Waals surface area contributed by atoms with Crippen molar-refractivity contribution >= 4 is 15.9 Å². The van der Waals surface area contributed by atoms with Crippen molar-refractivity contribution in [2.24, 2.45) is 0 Å². The lowest BCUT2D eigenvalue weighted by Gasteiger charge is -2.08. The van der Waals surface area contributed by atoms with Gasteiger partial charge in [0.05, 0.1) is 5.56 Å². The third kappa shape index (κ3) is 3.25. The fourth-order valence-corrected chi connectivity index (χ4v) is 2.54. The molecule has 124 valence electrons. The largest absolute Gasteiger partial charge is 0.421 e. The predicted molar refractivity (Wildman–Crippen MR) is 82.2 cm³/mol. The van der Waals surface area contributed by atoms with Gasteiger partial charge in [-0.05, 0) is 40.2 Å². The number of benzene rings is 1. The highest BCUT2D eigenvalue weighted by atomic mass is 79.9. The number of aromatic nitrogens is 3. The Morgan fingerprint density at radius 2 is 1.88 bits per heavy atom. The molecule has 1 aromatic carbocycles. The van der Waals surface area contributed by atoms with Crippen molar-refractivity contribution in [1.82, 2.24) is 14.8 Å². The Bertz CT molecular complexity index is 934. The Labute approximate surface area is 141 Å². The first-order chi connectivity index (χ1) is 11.4. The van der Waals surface area contributed by atoms with Crippen LogP contribution in [0.15, 0.2) is 56.3 Å². The maximum Gasteiger partial charge on any atom is 0.421 e. The van der Waals surface area contributed by atoms with Gasteiger partial charge >= 0.3 is 6.18 Å². The molecule has 0 spiro atoms. The average Bonchev–Trinajstić information content (AvgIpc) is 2.97. The molecule has 0 saturated heterocycles. The van der Waals surface area contributed by atoms with Gasteiger partial charge < -0.3 is 8.98 Å². The molecule has 2 heterocycles. The van der Waals surface area contributed by atoms with E-state index in [0.29, 0.717) is 5.56 Å². The van der Waals surface area contributed by atoms with Crippen LogP contribution in [0.1, 0.15) is 11.5 Å². The van der Waals surface area contributed by atoms with Crippen LogP contribution < -0.4 is 5.56 Å². The van der Waals surface area contributed by atoms with Crippen molar-refractivity contribution in [1.29, 1.82) is 0 Å². The summed E-state index contributed by atoms with van der Waals surface area (Å²) >= 11 is 3.34. The number of halogens is 4. The van der Waals surface area contributed by atoms with Gasteiger partial charge in [0.1, 0.15) is 12.1 Å². The predicted octanol–water partition coefficient (Wildman–Crippen LogP) is 3.73. The van der Waals surface area contributed by atoms with Crippen LogP contribution in [0.5, 0.6) is 0 Å². The molecule has 0 radical (unpaired) electrons. The number of hydrogen-bond donors (Lipinski definition) is 0. The van der Waals surface area contributed by atoms with Gasteiger partial charge in [-0.1, -0.05) is 12.1 Å². The fraction of sp³-hybridized carbons (Fsp3) is 0.133. The number of nitrogens with zero attached hydrogens (tertiary/aromatic N) is 3. The Balaban J connectivity index is 1.92. The van der Waals surface area contributed by atoms with Crippen molar-refractivity contribution < 1.29 is 17.6 Å². The van der Waals surface area contributed by atoms with Crippen LogP contribution >= 0.6 is 15.9 Å². The lowest BCUT2D eigenvalue weighted by Crippen LogP contribution is -2.28. The zero-order valence-corrected chi connectivity index (χ0v) is 13.5. The van der Waals surface area contributed by atoms with Crippen molar-refractivity contribution in [2.45, 2.75) is 12.7 Å². The minimum absolute atomic E-state index is 0.0298. The monoisotopic (exact) mass is 399 g/mol. The molecule has 24 heavy (non-hydrogen) atoms. The van der Waals surface area contributed by atoms with Gasteiger partial charge in [-0.25, -0.2) is 0 Å². The molecule has 0 unspecified atom stereocenters. The second kappa shape index (κ2) is 6.23. The van der Waals surface area contributed by atoms with E-state index in [2.05, 4.69) is 26.1 Å². The molecule has 5 nitrogen and oxygen atoms in total. The van der Waals surface area contributed by atoms with Gasteiger partial charge in [0.25, 0.3) is 5.56 Å². The SMILES string of the molecule is O=c1c(C(F)(F)F)cccn1Cc1nnc(-c2ccccc2Br)o1. The fourth-order valence-electron chi connectivity index (χ4n) is 2.08. The summed E-state index contributed by atoms with van der Waals surface area (Å²) in [4.78, 5) is 11.9. The smallest absolute Gasteiger partial charge is 0.419 e. The number of hydrogen-bond acceptors (Lipinski definition) is 4. The van der Waals surface area contributed by atoms with E-state index in [1.807, 2.05) is 6.07 Å². The minimum Gasteiger partial charge on any atom is -0.419 e. The van der Waals surface area contributed by atoms with E-state index in [1.165, 1.54) is 6.20 Å². The second-order valence-corrected chi connectivity index (χ2v) is 5.69. The number of alkyl halides is 3. The maximum atomic E-state index is 12.8. The first-order valence-corrected chi connectivity index (χ1v) is 7.49. The van der Waals surface area contributed by atoms with E-state index in [9.17, 15) is 18.0 Å². The lowest BCUT2D eigenvalue weighted by atomic mass is 10.2. The summed E-state index contributed by atoms with van der Waals surface area (Å²) < 4.78 is 45.4. The molecule has 0 fully saturated rings. The molecule has 0 aliphatic rings. The molecule has 2 aromatic heterocycles. The third-order valence-electron chi connectivity index (χ3n) is 3.20. The quantitative estimate of drug-likeness (QED) is 0.673. The summed E-state index contributed by atoms with van der Waals surface area (Å²) in [6, 6.07) is 9.01. The van der Waals surface area contributed by atoms with Gasteiger partial charge in [0.2, 0.25) is 11.8 Å². The van der Waals surface area contributed by atoms with Gasteiger partial charge in [-0.15, -0.1) is 10.2 Å². The Hall–Kier alpha value is -2.42. The minimum atomic E-state index is -4.71. The second-order valence-electron chi connectivity index (χ2n) is 4.83. The maximum absolute atomic E-state index is 12.8. The summed E-state index contributed by atoms with van der Waals surface area (Å²) in [5, 5.41) is 7.64. The molecule has 0 aliphatic carbocycles. The zero-order chi connectivity index (χ0) is 17.3. The van der Waals surface area contributed by atoms with Crippen molar-refractivity contribution in [2.75, 3.05) is 0 Å². The molecule has 0 amide bonds. The van der Waals surface area contributed by atoms with Crippen LogP contribution in [0, 0.1) is 0 Å². The Morgan fingerprint density at radius 1 is 1.12 bits per heavy atom. The highest BCUT2D eigenvalue weighted by Crippen LogP contribution is 2.27. The summed E-state index contributed by atoms with van der Waals surface area (Å²) in [6.07, 6.45) is -3.48. The van der Waals surface area contributed by atoms with Gasteiger partial charge in [-0.3, -0.25) is 4.79 Å².